The van der Waals surface area contributed by atoms with E-state index in [1.807, 2.05) is 0 Å². The largest absolute Gasteiger partial charge is 0.314 e. The molecular weight excluding hydrogens is 198 g/mol. The predicted octanol–water partition coefficient (Wildman–Crippen LogP) is 1.06. The van der Waals surface area contributed by atoms with Gasteiger partial charge >= 0.3 is 0 Å². The van der Waals surface area contributed by atoms with Gasteiger partial charge in [0.05, 0.1) is 0 Å². The summed E-state index contributed by atoms with van der Waals surface area (Å²) >= 11 is 0. The monoisotopic (exact) mass is 225 g/mol. The third kappa shape index (κ3) is 2.96. The highest BCUT2D eigenvalue weighted by molar-refractivity contribution is 4.95. The Kier molecular flexibility index (Phi) is 3.88. The third-order valence-corrected chi connectivity index (χ3v) is 4.22. The highest BCUT2D eigenvalue weighted by Gasteiger charge is 2.37. The first-order chi connectivity index (χ1) is 7.63. The minimum absolute atomic E-state index is 0.309. The summed E-state index contributed by atoms with van der Waals surface area (Å²) in [7, 11) is 0. The summed E-state index contributed by atoms with van der Waals surface area (Å²) in [5.41, 5.74) is 0.309. The number of nitrogens with zero attached hydrogens (tertiary/aromatic N) is 1. The summed E-state index contributed by atoms with van der Waals surface area (Å²) in [6, 6.07) is 0.812. The topological polar surface area (TPSA) is 27.3 Å². The lowest BCUT2D eigenvalue weighted by Gasteiger charge is -2.41. The van der Waals surface area contributed by atoms with E-state index in [-0.39, 0.29) is 0 Å². The van der Waals surface area contributed by atoms with Crippen molar-refractivity contribution in [1.29, 1.82) is 0 Å². The van der Waals surface area contributed by atoms with Gasteiger partial charge in [0, 0.05) is 44.3 Å². The van der Waals surface area contributed by atoms with Crippen molar-refractivity contribution < 1.29 is 0 Å². The van der Waals surface area contributed by atoms with Crippen molar-refractivity contribution in [2.24, 2.45) is 5.92 Å². The van der Waals surface area contributed by atoms with E-state index in [1.165, 1.54) is 25.9 Å². The van der Waals surface area contributed by atoms with Crippen LogP contribution in [0.25, 0.3) is 0 Å². The van der Waals surface area contributed by atoms with E-state index in [4.69, 9.17) is 0 Å². The number of hydrogen-bond acceptors (Lipinski definition) is 3. The maximum absolute atomic E-state index is 3.73. The number of piperazine rings is 1. The van der Waals surface area contributed by atoms with Crippen LogP contribution in [0.3, 0.4) is 0 Å². The van der Waals surface area contributed by atoms with E-state index in [0.29, 0.717) is 5.54 Å². The predicted molar refractivity (Wildman–Crippen MR) is 68.7 cm³/mol. The molecule has 1 saturated heterocycles. The van der Waals surface area contributed by atoms with Gasteiger partial charge in [-0.1, -0.05) is 13.3 Å². The quantitative estimate of drug-likeness (QED) is 0.732. The van der Waals surface area contributed by atoms with Gasteiger partial charge in [0.15, 0.2) is 0 Å². The van der Waals surface area contributed by atoms with E-state index in [2.05, 4.69) is 36.3 Å². The summed E-state index contributed by atoms with van der Waals surface area (Å²) < 4.78 is 0. The summed E-state index contributed by atoms with van der Waals surface area (Å²) in [6.07, 6.45) is 2.74. The van der Waals surface area contributed by atoms with Crippen LogP contribution in [-0.2, 0) is 0 Å². The Bertz CT molecular complexity index is 221. The molecule has 94 valence electrons. The van der Waals surface area contributed by atoms with Gasteiger partial charge < -0.3 is 10.6 Å². The van der Waals surface area contributed by atoms with Crippen molar-refractivity contribution >= 4 is 0 Å². The molecule has 2 fully saturated rings. The average molecular weight is 225 g/mol. The minimum Gasteiger partial charge on any atom is -0.314 e. The van der Waals surface area contributed by atoms with Crippen molar-refractivity contribution in [3.05, 3.63) is 0 Å². The van der Waals surface area contributed by atoms with Crippen molar-refractivity contribution in [3.8, 4) is 0 Å². The molecule has 1 aliphatic carbocycles. The maximum atomic E-state index is 3.73. The van der Waals surface area contributed by atoms with Crippen molar-refractivity contribution in [3.63, 3.8) is 0 Å². The molecule has 2 N–H and O–H groups in total. The molecule has 16 heavy (non-hydrogen) atoms. The molecule has 2 unspecified atom stereocenters. The van der Waals surface area contributed by atoms with Gasteiger partial charge in [-0.05, 0) is 26.2 Å². The van der Waals surface area contributed by atoms with E-state index >= 15 is 0 Å². The molecule has 0 aromatic heterocycles. The smallest absolute Gasteiger partial charge is 0.0278 e. The average Bonchev–Trinajstić information content (AvgIpc) is 3.06. The molecule has 0 bridgehead atoms. The Morgan fingerprint density at radius 1 is 1.31 bits per heavy atom. The van der Waals surface area contributed by atoms with Gasteiger partial charge in [0.25, 0.3) is 0 Å². The fourth-order valence-electron chi connectivity index (χ4n) is 2.71. The first-order valence-electron chi connectivity index (χ1n) is 6.82. The Labute approximate surface area is 100.0 Å². The lowest BCUT2D eigenvalue weighted by Crippen LogP contribution is -2.57. The second kappa shape index (κ2) is 5.03. The van der Waals surface area contributed by atoms with Crippen LogP contribution < -0.4 is 10.6 Å². The first kappa shape index (κ1) is 12.3. The summed E-state index contributed by atoms with van der Waals surface area (Å²) in [4.78, 5) is 2.61. The maximum Gasteiger partial charge on any atom is 0.0278 e. The van der Waals surface area contributed by atoms with Gasteiger partial charge in [-0.25, -0.2) is 0 Å². The minimum atomic E-state index is 0.309. The fraction of sp³-hybridized carbons (Fsp3) is 1.00. The van der Waals surface area contributed by atoms with Crippen LogP contribution in [0.5, 0.6) is 0 Å². The number of hydrogen-bond donors (Lipinski definition) is 2. The second-order valence-electron chi connectivity index (χ2n) is 5.94. The number of nitrogens with one attached hydrogen (secondary N) is 2. The Hall–Kier alpha value is -0.120. The van der Waals surface area contributed by atoms with Crippen LogP contribution in [0.1, 0.15) is 33.6 Å². The van der Waals surface area contributed by atoms with Crippen molar-refractivity contribution in [2.75, 3.05) is 32.7 Å². The second-order valence-corrected chi connectivity index (χ2v) is 5.94. The molecule has 0 radical (unpaired) electrons. The highest BCUT2D eigenvalue weighted by Crippen LogP contribution is 2.33. The van der Waals surface area contributed by atoms with Crippen LogP contribution in [0, 0.1) is 5.92 Å². The lowest BCUT2D eigenvalue weighted by atomic mass is 10.0. The summed E-state index contributed by atoms with van der Waals surface area (Å²) in [5, 5.41) is 7.15. The zero-order valence-electron chi connectivity index (χ0n) is 11.1. The van der Waals surface area contributed by atoms with Gasteiger partial charge in [-0.3, -0.25) is 4.90 Å². The molecule has 0 aromatic rings. The molecule has 0 spiro atoms. The Morgan fingerprint density at radius 2 is 2.00 bits per heavy atom. The van der Waals surface area contributed by atoms with Crippen LogP contribution >= 0.6 is 0 Å². The molecule has 3 nitrogen and oxygen atoms in total. The summed E-state index contributed by atoms with van der Waals surface area (Å²) in [6.45, 7) is 12.8. The van der Waals surface area contributed by atoms with Gasteiger partial charge in [-0.2, -0.15) is 0 Å². The summed E-state index contributed by atoms with van der Waals surface area (Å²) in [5.74, 6) is 0.957. The molecule has 1 saturated carbocycles. The molecular formula is C13H27N3. The van der Waals surface area contributed by atoms with Gasteiger partial charge in [0.2, 0.25) is 0 Å². The first-order valence-corrected chi connectivity index (χ1v) is 6.82. The van der Waals surface area contributed by atoms with Gasteiger partial charge in [0.1, 0.15) is 0 Å². The van der Waals surface area contributed by atoms with Crippen LogP contribution in [0.15, 0.2) is 0 Å². The van der Waals surface area contributed by atoms with Crippen LogP contribution in [0.4, 0.5) is 0 Å². The normalized spacial score (nSPS) is 31.7. The van der Waals surface area contributed by atoms with E-state index in [1.54, 1.807) is 0 Å². The van der Waals surface area contributed by atoms with E-state index in [9.17, 15) is 0 Å². The van der Waals surface area contributed by atoms with Crippen LogP contribution in [-0.4, -0.2) is 49.2 Å². The van der Waals surface area contributed by atoms with Crippen LogP contribution in [0.2, 0.25) is 0 Å². The lowest BCUT2D eigenvalue weighted by molar-refractivity contribution is 0.102. The molecule has 1 heterocycles. The highest BCUT2D eigenvalue weighted by atomic mass is 15.3. The molecule has 2 rings (SSSR count). The zero-order valence-corrected chi connectivity index (χ0v) is 11.1. The molecule has 2 atom stereocenters. The van der Waals surface area contributed by atoms with Crippen molar-refractivity contribution in [1.82, 2.24) is 15.5 Å². The Morgan fingerprint density at radius 3 is 2.56 bits per heavy atom. The SMILES string of the molecule is CCC1CC1NCC(C)(C)N1CCNCC1. The van der Waals surface area contributed by atoms with E-state index < -0.39 is 0 Å². The molecule has 2 aliphatic rings. The van der Waals surface area contributed by atoms with E-state index in [0.717, 1.165) is 31.6 Å². The van der Waals surface area contributed by atoms with Gasteiger partial charge in [-0.15, -0.1) is 0 Å². The zero-order chi connectivity index (χ0) is 11.6. The van der Waals surface area contributed by atoms with Crippen molar-refractivity contribution in [2.45, 2.75) is 45.2 Å². The third-order valence-electron chi connectivity index (χ3n) is 4.22. The molecule has 1 aliphatic heterocycles. The number of rotatable bonds is 5. The Balaban J connectivity index is 1.73. The molecule has 3 heteroatoms. The molecule has 0 amide bonds. The standard InChI is InChI=1S/C13H27N3/c1-4-11-9-12(11)15-10-13(2,3)16-7-5-14-6-8-16/h11-12,14-15H,4-10H2,1-3H3. The molecule has 0 aromatic carbocycles. The fourth-order valence-corrected chi connectivity index (χ4v) is 2.71.